The molecule has 2 unspecified atom stereocenters. The van der Waals surface area contributed by atoms with Crippen LogP contribution >= 0.6 is 0 Å². The number of piperidine rings is 1. The molecule has 1 aliphatic heterocycles. The van der Waals surface area contributed by atoms with Crippen LogP contribution in [0.4, 0.5) is 0 Å². The van der Waals surface area contributed by atoms with Crippen molar-refractivity contribution in [3.8, 4) is 0 Å². The highest BCUT2D eigenvalue weighted by Gasteiger charge is 2.26. The zero-order chi connectivity index (χ0) is 17.4. The Kier molecular flexibility index (Phi) is 4.13. The number of Topliss-reactive ketones (excluding diaryl/α,β-unsaturated/α-hetero) is 1. The molecule has 6 heteroatoms. The van der Waals surface area contributed by atoms with E-state index < -0.39 is 10.8 Å². The Morgan fingerprint density at radius 2 is 1.96 bits per heavy atom. The Hall–Kier alpha value is -2.47. The number of amides is 1. The molecular weight excluding hydrogens is 338 g/mol. The summed E-state index contributed by atoms with van der Waals surface area (Å²) in [6.07, 6.45) is 0.814. The molecule has 128 valence electrons. The van der Waals surface area contributed by atoms with E-state index in [1.807, 2.05) is 30.3 Å². The summed E-state index contributed by atoms with van der Waals surface area (Å²) >= 11 is 0. The third-order valence-corrected chi connectivity index (χ3v) is 5.91. The largest absolute Gasteiger partial charge is 0.456 e. The predicted octanol–water partition coefficient (Wildman–Crippen LogP) is 2.79. The van der Waals surface area contributed by atoms with Crippen molar-refractivity contribution in [1.29, 1.82) is 0 Å². The van der Waals surface area contributed by atoms with Crippen molar-refractivity contribution in [3.05, 3.63) is 42.5 Å². The first kappa shape index (κ1) is 16.0. The molecule has 0 radical (unpaired) electrons. The maximum Gasteiger partial charge on any atom is 0.220 e. The van der Waals surface area contributed by atoms with E-state index >= 15 is 0 Å². The summed E-state index contributed by atoms with van der Waals surface area (Å²) < 4.78 is 18.4. The van der Waals surface area contributed by atoms with Gasteiger partial charge in [-0.1, -0.05) is 18.2 Å². The quantitative estimate of drug-likeness (QED) is 0.781. The van der Waals surface area contributed by atoms with Crippen LogP contribution in [0.25, 0.3) is 21.9 Å². The van der Waals surface area contributed by atoms with Gasteiger partial charge in [0.1, 0.15) is 16.9 Å². The number of benzene rings is 2. The van der Waals surface area contributed by atoms with Crippen LogP contribution in [0, 0.1) is 5.92 Å². The van der Waals surface area contributed by atoms with E-state index in [4.69, 9.17) is 4.42 Å². The average Bonchev–Trinajstić information content (AvgIpc) is 2.99. The van der Waals surface area contributed by atoms with Gasteiger partial charge in [0.2, 0.25) is 5.91 Å². The molecule has 1 saturated heterocycles. The molecule has 0 spiro atoms. The molecular formula is C19H17NO4S. The number of fused-ring (bicyclic) bond motifs is 3. The van der Waals surface area contributed by atoms with E-state index in [0.717, 1.165) is 21.9 Å². The molecule has 1 N–H and O–H groups in total. The number of rotatable bonds is 4. The van der Waals surface area contributed by atoms with Crippen molar-refractivity contribution < 1.29 is 18.2 Å². The summed E-state index contributed by atoms with van der Waals surface area (Å²) in [7, 11) is -1.43. The molecule has 1 fully saturated rings. The Morgan fingerprint density at radius 1 is 1.16 bits per heavy atom. The first-order chi connectivity index (χ1) is 12.1. The average molecular weight is 355 g/mol. The van der Waals surface area contributed by atoms with Crippen molar-refractivity contribution in [3.63, 3.8) is 0 Å². The van der Waals surface area contributed by atoms with E-state index in [1.54, 1.807) is 12.1 Å². The lowest BCUT2D eigenvalue weighted by molar-refractivity contribution is -0.129. The number of furan rings is 1. The molecule has 25 heavy (non-hydrogen) atoms. The van der Waals surface area contributed by atoms with Gasteiger partial charge >= 0.3 is 0 Å². The minimum Gasteiger partial charge on any atom is -0.456 e. The number of hydrogen-bond acceptors (Lipinski definition) is 4. The third-order valence-electron chi connectivity index (χ3n) is 4.59. The highest BCUT2D eigenvalue weighted by atomic mass is 32.2. The Balaban J connectivity index is 1.58. The standard InChI is InChI=1S/C19H17NO4S/c21-16(12-7-8-20-19(22)9-12)11-25(23)13-5-6-18-15(10-13)14-3-1-2-4-17(14)24-18/h1-6,10,12H,7-9,11H2,(H,20,22). The van der Waals surface area contributed by atoms with Gasteiger partial charge in [-0.05, 0) is 30.7 Å². The van der Waals surface area contributed by atoms with Crippen LogP contribution in [-0.4, -0.2) is 28.2 Å². The van der Waals surface area contributed by atoms with Gasteiger partial charge in [-0.3, -0.25) is 13.8 Å². The third kappa shape index (κ3) is 3.09. The molecule has 5 nitrogen and oxygen atoms in total. The van der Waals surface area contributed by atoms with Gasteiger partial charge in [-0.15, -0.1) is 0 Å². The van der Waals surface area contributed by atoms with Gasteiger partial charge in [0.15, 0.2) is 0 Å². The van der Waals surface area contributed by atoms with E-state index in [9.17, 15) is 13.8 Å². The van der Waals surface area contributed by atoms with Gasteiger partial charge in [-0.2, -0.15) is 0 Å². The smallest absolute Gasteiger partial charge is 0.220 e. The van der Waals surface area contributed by atoms with Gasteiger partial charge in [0, 0.05) is 34.6 Å². The normalized spacial score (nSPS) is 19.0. The van der Waals surface area contributed by atoms with Crippen LogP contribution in [0.5, 0.6) is 0 Å². The molecule has 2 aromatic carbocycles. The second kappa shape index (κ2) is 6.44. The first-order valence-electron chi connectivity index (χ1n) is 8.21. The van der Waals surface area contributed by atoms with Crippen molar-refractivity contribution >= 4 is 44.4 Å². The van der Waals surface area contributed by atoms with Crippen molar-refractivity contribution in [1.82, 2.24) is 5.32 Å². The topological polar surface area (TPSA) is 76.4 Å². The molecule has 3 aromatic rings. The number of carbonyl (C=O) groups is 2. The minimum absolute atomic E-state index is 0.0563. The summed E-state index contributed by atoms with van der Waals surface area (Å²) in [5, 5.41) is 4.57. The van der Waals surface area contributed by atoms with Crippen LogP contribution in [-0.2, 0) is 20.4 Å². The maximum absolute atomic E-state index is 12.6. The highest BCUT2D eigenvalue weighted by molar-refractivity contribution is 7.85. The second-order valence-corrected chi connectivity index (χ2v) is 7.70. The van der Waals surface area contributed by atoms with E-state index in [1.165, 1.54) is 0 Å². The van der Waals surface area contributed by atoms with Gasteiger partial charge in [0.05, 0.1) is 16.6 Å². The van der Waals surface area contributed by atoms with E-state index in [2.05, 4.69) is 5.32 Å². The van der Waals surface area contributed by atoms with Crippen molar-refractivity contribution in [2.75, 3.05) is 12.3 Å². The van der Waals surface area contributed by atoms with Crippen LogP contribution in [0.1, 0.15) is 12.8 Å². The Morgan fingerprint density at radius 3 is 2.80 bits per heavy atom. The maximum atomic E-state index is 12.6. The van der Waals surface area contributed by atoms with Crippen LogP contribution in [0.15, 0.2) is 51.8 Å². The summed E-state index contributed by atoms with van der Waals surface area (Å²) in [6.45, 7) is 0.509. The lowest BCUT2D eigenvalue weighted by Gasteiger charge is -2.20. The van der Waals surface area contributed by atoms with Crippen LogP contribution in [0.3, 0.4) is 0 Å². The molecule has 2 atom stereocenters. The Labute approximate surface area is 146 Å². The fourth-order valence-electron chi connectivity index (χ4n) is 3.24. The predicted molar refractivity (Wildman–Crippen MR) is 95.7 cm³/mol. The molecule has 2 heterocycles. The molecule has 4 rings (SSSR count). The molecule has 0 saturated carbocycles. The summed E-state index contributed by atoms with van der Waals surface area (Å²) in [6, 6.07) is 13.0. The number of nitrogens with one attached hydrogen (secondary N) is 1. The molecule has 0 aliphatic carbocycles. The van der Waals surface area contributed by atoms with Gasteiger partial charge < -0.3 is 9.73 Å². The molecule has 1 aromatic heterocycles. The SMILES string of the molecule is O=C1CC(C(=O)CS(=O)c2ccc3oc4ccccc4c3c2)CCN1. The molecule has 1 amide bonds. The van der Waals surface area contributed by atoms with Gasteiger partial charge in [0.25, 0.3) is 0 Å². The summed E-state index contributed by atoms with van der Waals surface area (Å²) in [5.74, 6) is -0.595. The number of carbonyl (C=O) groups excluding carboxylic acids is 2. The fraction of sp³-hybridized carbons (Fsp3) is 0.263. The Bertz CT molecular complexity index is 1010. The summed E-state index contributed by atoms with van der Waals surface area (Å²) in [5.41, 5.74) is 1.52. The van der Waals surface area contributed by atoms with E-state index in [-0.39, 0.29) is 29.8 Å². The lowest BCUT2D eigenvalue weighted by atomic mass is 9.94. The first-order valence-corrected chi connectivity index (χ1v) is 9.53. The van der Waals surface area contributed by atoms with Crippen molar-refractivity contribution in [2.45, 2.75) is 17.7 Å². The minimum atomic E-state index is -1.43. The number of ketones is 1. The lowest BCUT2D eigenvalue weighted by Crippen LogP contribution is -2.37. The second-order valence-electron chi connectivity index (χ2n) is 6.25. The fourth-order valence-corrected chi connectivity index (χ4v) is 4.37. The zero-order valence-corrected chi connectivity index (χ0v) is 14.3. The van der Waals surface area contributed by atoms with E-state index in [0.29, 0.717) is 17.9 Å². The van der Waals surface area contributed by atoms with Gasteiger partial charge in [-0.25, -0.2) is 0 Å². The summed E-state index contributed by atoms with van der Waals surface area (Å²) in [4.78, 5) is 24.4. The van der Waals surface area contributed by atoms with Crippen molar-refractivity contribution in [2.24, 2.45) is 5.92 Å². The number of hydrogen-bond donors (Lipinski definition) is 1. The zero-order valence-electron chi connectivity index (χ0n) is 13.5. The highest BCUT2D eigenvalue weighted by Crippen LogP contribution is 2.30. The number of para-hydroxylation sites is 1. The monoisotopic (exact) mass is 355 g/mol. The van der Waals surface area contributed by atoms with Crippen LogP contribution in [0.2, 0.25) is 0 Å². The van der Waals surface area contributed by atoms with Crippen LogP contribution < -0.4 is 5.32 Å². The molecule has 1 aliphatic rings. The molecule has 0 bridgehead atoms.